The second-order valence-corrected chi connectivity index (χ2v) is 19.3. The van der Waals surface area contributed by atoms with E-state index < -0.39 is 26.8 Å². The van der Waals surface area contributed by atoms with E-state index in [0.29, 0.717) is 36.9 Å². The predicted molar refractivity (Wildman–Crippen MR) is 217 cm³/mol. The number of carbonyl (C=O) groups excluding carboxylic acids is 2. The molecule has 2 aromatic carbocycles. The molecule has 8 rings (SSSR count). The predicted octanol–water partition coefficient (Wildman–Crippen LogP) is 4.67. The van der Waals surface area contributed by atoms with E-state index in [0.717, 1.165) is 50.1 Å². The van der Waals surface area contributed by atoms with Crippen molar-refractivity contribution in [1.82, 2.24) is 19.8 Å². The van der Waals surface area contributed by atoms with Crippen LogP contribution < -0.4 is 19.7 Å². The fourth-order valence-electron chi connectivity index (χ4n) is 9.71. The summed E-state index contributed by atoms with van der Waals surface area (Å²) in [6.45, 7) is 12.5. The van der Waals surface area contributed by atoms with Crippen LogP contribution in [0, 0.1) is 17.8 Å². The van der Waals surface area contributed by atoms with Gasteiger partial charge in [-0.2, -0.15) is 0 Å². The van der Waals surface area contributed by atoms with Gasteiger partial charge in [0.15, 0.2) is 6.29 Å². The molecular formula is C42H58ClN5O6S. The molecule has 300 valence electrons. The molecule has 2 aromatic rings. The Hall–Kier alpha value is -3.00. The topological polar surface area (TPSA) is 121 Å². The Labute approximate surface area is 332 Å². The molecule has 1 unspecified atom stereocenters. The number of amides is 1. The van der Waals surface area contributed by atoms with Crippen LogP contribution in [-0.2, 0) is 31.4 Å². The van der Waals surface area contributed by atoms with Gasteiger partial charge in [0.1, 0.15) is 11.4 Å². The summed E-state index contributed by atoms with van der Waals surface area (Å²) in [4.78, 5) is 33.4. The number of anilines is 1. The minimum atomic E-state index is -3.97. The molecule has 11 nitrogen and oxygen atoms in total. The van der Waals surface area contributed by atoms with Gasteiger partial charge in [0.05, 0.1) is 17.5 Å². The van der Waals surface area contributed by atoms with E-state index in [1.807, 2.05) is 25.1 Å². The number of carbonyl (C=O) groups is 2. The van der Waals surface area contributed by atoms with Crippen molar-refractivity contribution in [2.24, 2.45) is 17.8 Å². The van der Waals surface area contributed by atoms with E-state index in [2.05, 4.69) is 43.9 Å². The minimum absolute atomic E-state index is 0.0434. The van der Waals surface area contributed by atoms with Crippen LogP contribution in [0.4, 0.5) is 5.69 Å². The van der Waals surface area contributed by atoms with E-state index in [9.17, 15) is 18.0 Å². The molecule has 1 spiro atoms. The van der Waals surface area contributed by atoms with E-state index in [4.69, 9.17) is 21.1 Å². The number of rotatable bonds is 2. The van der Waals surface area contributed by atoms with Crippen LogP contribution >= 0.6 is 11.6 Å². The van der Waals surface area contributed by atoms with Crippen molar-refractivity contribution in [2.45, 2.75) is 74.7 Å². The lowest BCUT2D eigenvalue weighted by Crippen LogP contribution is -2.60. The Morgan fingerprint density at radius 1 is 1.07 bits per heavy atom. The zero-order chi connectivity index (χ0) is 39.0. The fraction of sp³-hybridized carbons (Fsp3) is 0.619. The Bertz CT molecular complexity index is 1880. The first-order valence-corrected chi connectivity index (χ1v) is 22.0. The molecule has 2 saturated heterocycles. The number of methoxy groups -OCH3 is 1. The van der Waals surface area contributed by atoms with Gasteiger partial charge in [-0.05, 0) is 112 Å². The molecule has 4 aliphatic heterocycles. The SMILES string of the molecule is CN1CCN2CCNCC2C1.CO[C@@]1(C=O)/C=C/C[C@H](C)[C@@H](C)S(=O)(=O)NC(=O)c2ccc3c(c2)N(C[C@@H]2CC[C@H]21)C[C@@]1(CCCc2cc(Cl)ccc21)CO3. The molecule has 2 N–H and O–H groups in total. The number of fused-ring (bicyclic) bond motifs is 5. The van der Waals surface area contributed by atoms with Crippen LogP contribution in [0.15, 0.2) is 48.6 Å². The van der Waals surface area contributed by atoms with Crippen molar-refractivity contribution in [1.29, 1.82) is 0 Å². The lowest BCUT2D eigenvalue weighted by molar-refractivity contribution is -0.135. The van der Waals surface area contributed by atoms with Crippen molar-refractivity contribution in [3.05, 3.63) is 70.3 Å². The molecule has 2 bridgehead atoms. The van der Waals surface area contributed by atoms with Crippen molar-refractivity contribution < 1.29 is 27.5 Å². The highest BCUT2D eigenvalue weighted by atomic mass is 35.5. The molecule has 4 heterocycles. The number of hydrogen-bond donors (Lipinski definition) is 2. The van der Waals surface area contributed by atoms with Gasteiger partial charge in [-0.15, -0.1) is 0 Å². The second-order valence-electron chi connectivity index (χ2n) is 16.9. The van der Waals surface area contributed by atoms with Crippen molar-refractivity contribution in [3.8, 4) is 5.75 Å². The smallest absolute Gasteiger partial charge is 0.264 e. The molecule has 0 aromatic heterocycles. The summed E-state index contributed by atoms with van der Waals surface area (Å²) < 4.78 is 41.3. The highest BCUT2D eigenvalue weighted by molar-refractivity contribution is 7.90. The Balaban J connectivity index is 0.000000360. The van der Waals surface area contributed by atoms with Gasteiger partial charge in [0.2, 0.25) is 10.0 Å². The number of ether oxygens (including phenoxy) is 2. The first-order valence-electron chi connectivity index (χ1n) is 20.1. The zero-order valence-electron chi connectivity index (χ0n) is 32.8. The summed E-state index contributed by atoms with van der Waals surface area (Å²) in [5.74, 6) is -0.203. The first kappa shape index (κ1) is 40.2. The van der Waals surface area contributed by atoms with E-state index in [-0.39, 0.29) is 28.7 Å². The Morgan fingerprint density at radius 2 is 1.91 bits per heavy atom. The number of halogens is 1. The fourth-order valence-corrected chi connectivity index (χ4v) is 11.2. The molecule has 13 heteroatoms. The van der Waals surface area contributed by atoms with Gasteiger partial charge < -0.3 is 24.6 Å². The van der Waals surface area contributed by atoms with E-state index >= 15 is 0 Å². The largest absolute Gasteiger partial charge is 0.490 e. The molecular weight excluding hydrogens is 738 g/mol. The highest BCUT2D eigenvalue weighted by Crippen LogP contribution is 2.48. The number of allylic oxidation sites excluding steroid dienone is 1. The van der Waals surface area contributed by atoms with Crippen LogP contribution in [0.2, 0.25) is 5.02 Å². The maximum absolute atomic E-state index is 13.4. The van der Waals surface area contributed by atoms with E-state index in [1.165, 1.54) is 50.4 Å². The number of sulfonamides is 1. The monoisotopic (exact) mass is 795 g/mol. The van der Waals surface area contributed by atoms with Gasteiger partial charge in [-0.1, -0.05) is 30.7 Å². The average molecular weight is 796 g/mol. The molecule has 1 saturated carbocycles. The van der Waals surface area contributed by atoms with Crippen molar-refractivity contribution in [3.63, 3.8) is 0 Å². The second kappa shape index (κ2) is 16.5. The first-order chi connectivity index (χ1) is 26.4. The number of aryl methyl sites for hydroxylation is 1. The van der Waals surface area contributed by atoms with Gasteiger partial charge in [-0.25, -0.2) is 13.1 Å². The lowest BCUT2D eigenvalue weighted by atomic mass is 9.64. The van der Waals surface area contributed by atoms with Crippen LogP contribution in [0.1, 0.15) is 67.4 Å². The summed E-state index contributed by atoms with van der Waals surface area (Å²) in [5.41, 5.74) is 2.05. The zero-order valence-corrected chi connectivity index (χ0v) is 34.3. The highest BCUT2D eigenvalue weighted by Gasteiger charge is 2.49. The summed E-state index contributed by atoms with van der Waals surface area (Å²) >= 11 is 6.40. The number of piperazine rings is 2. The maximum Gasteiger partial charge on any atom is 0.264 e. The van der Waals surface area contributed by atoms with Gasteiger partial charge >= 0.3 is 0 Å². The third kappa shape index (κ3) is 8.23. The average Bonchev–Trinajstić information content (AvgIpc) is 3.31. The van der Waals surface area contributed by atoms with E-state index in [1.54, 1.807) is 32.2 Å². The molecule has 6 aliphatic rings. The van der Waals surface area contributed by atoms with Crippen LogP contribution in [0.25, 0.3) is 0 Å². The maximum atomic E-state index is 13.4. The van der Waals surface area contributed by atoms with Gasteiger partial charge in [0, 0.05) is 87.4 Å². The Morgan fingerprint density at radius 3 is 2.67 bits per heavy atom. The summed E-state index contributed by atoms with van der Waals surface area (Å²) in [5, 5.41) is 3.31. The summed E-state index contributed by atoms with van der Waals surface area (Å²) in [6.07, 6.45) is 9.65. The number of benzene rings is 2. The third-order valence-electron chi connectivity index (χ3n) is 13.5. The normalized spacial score (nSPS) is 34.2. The van der Waals surface area contributed by atoms with Crippen LogP contribution in [0.3, 0.4) is 0 Å². The molecule has 55 heavy (non-hydrogen) atoms. The number of aldehydes is 1. The van der Waals surface area contributed by atoms with Crippen LogP contribution in [-0.4, -0.2) is 120 Å². The number of nitrogens with one attached hydrogen (secondary N) is 2. The number of nitrogens with zero attached hydrogens (tertiary/aromatic N) is 3. The molecule has 2 aliphatic carbocycles. The summed E-state index contributed by atoms with van der Waals surface area (Å²) in [7, 11) is -0.192. The van der Waals surface area contributed by atoms with Gasteiger partial charge in [0.25, 0.3) is 5.91 Å². The summed E-state index contributed by atoms with van der Waals surface area (Å²) in [6, 6.07) is 12.1. The molecule has 0 radical (unpaired) electrons. The van der Waals surface area contributed by atoms with Gasteiger partial charge in [-0.3, -0.25) is 14.5 Å². The number of hydrogen-bond acceptors (Lipinski definition) is 10. The van der Waals surface area contributed by atoms with Crippen molar-refractivity contribution in [2.75, 3.05) is 78.0 Å². The minimum Gasteiger partial charge on any atom is -0.490 e. The molecule has 1 amide bonds. The lowest BCUT2D eigenvalue weighted by Gasteiger charge is -2.48. The molecule has 3 fully saturated rings. The third-order valence-corrected chi connectivity index (χ3v) is 15.6. The number of likely N-dealkylation sites (N-methyl/N-ethyl adjacent to an activating group) is 1. The standard InChI is InChI=1S/C34H41ClN2O6S.C8H17N3/c1-22-6-4-15-34(20-38,42-3)29-11-8-26(29)18-37-19-33(14-5-7-24-16-27(35)10-12-28(24)33)21-43-31-13-9-25(17-30(31)37)32(39)36-44(40,41)23(22)2;1-10-4-5-11-3-2-9-6-8(11)7-10/h4,9-10,12-13,15-17,20,22-23,26,29H,5-8,11,14,18-19,21H2,1-3H3,(H,36,39);8-9H,2-7H2,1H3/b15-4+;/t22-,23+,26-,29+,33-,34+;/m0./s1. The molecule has 7 atom stereocenters. The van der Waals surface area contributed by atoms with Crippen LogP contribution in [0.5, 0.6) is 5.75 Å². The van der Waals surface area contributed by atoms with Crippen molar-refractivity contribution >= 4 is 39.5 Å². The Kier molecular flexibility index (Phi) is 12.0. The quantitative estimate of drug-likeness (QED) is 0.328.